The van der Waals surface area contributed by atoms with Gasteiger partial charge in [-0.1, -0.05) is 37.1 Å². The van der Waals surface area contributed by atoms with Gasteiger partial charge in [-0.25, -0.2) is 4.98 Å². The lowest BCUT2D eigenvalue weighted by Crippen LogP contribution is -2.23. The number of aliphatic hydroxyl groups excluding tert-OH is 1. The molecule has 1 aliphatic rings. The van der Waals surface area contributed by atoms with E-state index in [-0.39, 0.29) is 12.5 Å². The molecule has 1 saturated carbocycles. The highest BCUT2D eigenvalue weighted by molar-refractivity contribution is 7.11. The number of nitrogens with zero attached hydrogens (tertiary/aromatic N) is 1. The van der Waals surface area contributed by atoms with E-state index in [0.29, 0.717) is 12.5 Å². The van der Waals surface area contributed by atoms with Crippen molar-refractivity contribution in [2.45, 2.75) is 44.8 Å². The molecule has 0 bridgehead atoms. The first-order valence-corrected chi connectivity index (χ1v) is 8.56. The molecule has 2 N–H and O–H groups in total. The Morgan fingerprint density at radius 2 is 2.09 bits per heavy atom. The second-order valence-electron chi connectivity index (χ2n) is 5.71. The van der Waals surface area contributed by atoms with Crippen molar-refractivity contribution in [1.82, 2.24) is 10.3 Å². The third-order valence-electron chi connectivity index (χ3n) is 4.17. The SMILES string of the molecule is O=C(NCc1cccc(CO)c1)c1scnc1C1CCCC1. The summed E-state index contributed by atoms with van der Waals surface area (Å²) in [6.07, 6.45) is 4.75. The van der Waals surface area contributed by atoms with Crippen molar-refractivity contribution in [2.24, 2.45) is 0 Å². The van der Waals surface area contributed by atoms with Crippen LogP contribution in [0, 0.1) is 0 Å². The number of amides is 1. The van der Waals surface area contributed by atoms with Crippen LogP contribution in [-0.2, 0) is 13.2 Å². The summed E-state index contributed by atoms with van der Waals surface area (Å²) in [5.74, 6) is 0.406. The van der Waals surface area contributed by atoms with Crippen molar-refractivity contribution in [3.8, 4) is 0 Å². The zero-order chi connectivity index (χ0) is 15.4. The van der Waals surface area contributed by atoms with E-state index >= 15 is 0 Å². The van der Waals surface area contributed by atoms with Crippen molar-refractivity contribution >= 4 is 17.2 Å². The van der Waals surface area contributed by atoms with Crippen LogP contribution in [0.15, 0.2) is 29.8 Å². The van der Waals surface area contributed by atoms with Crippen LogP contribution in [0.5, 0.6) is 0 Å². The molecule has 0 radical (unpaired) electrons. The summed E-state index contributed by atoms with van der Waals surface area (Å²) in [7, 11) is 0. The van der Waals surface area contributed by atoms with Gasteiger partial charge in [0.1, 0.15) is 4.88 Å². The number of aromatic nitrogens is 1. The van der Waals surface area contributed by atoms with Gasteiger partial charge in [0, 0.05) is 12.5 Å². The third-order valence-corrected chi connectivity index (χ3v) is 5.01. The van der Waals surface area contributed by atoms with E-state index in [1.165, 1.54) is 24.2 Å². The molecule has 0 unspecified atom stereocenters. The Labute approximate surface area is 134 Å². The van der Waals surface area contributed by atoms with E-state index in [2.05, 4.69) is 10.3 Å². The quantitative estimate of drug-likeness (QED) is 0.890. The number of hydrogen-bond donors (Lipinski definition) is 2. The van der Waals surface area contributed by atoms with Crippen molar-refractivity contribution in [2.75, 3.05) is 0 Å². The second kappa shape index (κ2) is 7.03. The van der Waals surface area contributed by atoms with Crippen LogP contribution in [0.25, 0.3) is 0 Å². The van der Waals surface area contributed by atoms with E-state index < -0.39 is 0 Å². The molecule has 1 fully saturated rings. The fourth-order valence-electron chi connectivity index (χ4n) is 3.02. The summed E-state index contributed by atoms with van der Waals surface area (Å²) in [6, 6.07) is 7.62. The fraction of sp³-hybridized carbons (Fsp3) is 0.412. The number of rotatable bonds is 5. The molecule has 0 spiro atoms. The predicted molar refractivity (Wildman–Crippen MR) is 86.9 cm³/mol. The highest BCUT2D eigenvalue weighted by Gasteiger charge is 2.25. The number of aliphatic hydroxyl groups is 1. The van der Waals surface area contributed by atoms with Gasteiger partial charge >= 0.3 is 0 Å². The Bertz CT molecular complexity index is 648. The topological polar surface area (TPSA) is 62.2 Å². The largest absolute Gasteiger partial charge is 0.392 e. The number of carbonyl (C=O) groups is 1. The van der Waals surface area contributed by atoms with Gasteiger partial charge in [-0.3, -0.25) is 4.79 Å². The maximum absolute atomic E-state index is 12.4. The highest BCUT2D eigenvalue weighted by Crippen LogP contribution is 2.36. The summed E-state index contributed by atoms with van der Waals surface area (Å²) in [6.45, 7) is 0.483. The zero-order valence-electron chi connectivity index (χ0n) is 12.4. The third kappa shape index (κ3) is 3.36. The first-order valence-electron chi connectivity index (χ1n) is 7.68. The summed E-state index contributed by atoms with van der Waals surface area (Å²) in [5.41, 5.74) is 4.60. The highest BCUT2D eigenvalue weighted by atomic mass is 32.1. The maximum atomic E-state index is 12.4. The van der Waals surface area contributed by atoms with Gasteiger partial charge in [-0.15, -0.1) is 11.3 Å². The van der Waals surface area contributed by atoms with Crippen LogP contribution in [0.2, 0.25) is 0 Å². The minimum absolute atomic E-state index is 0.0163. The summed E-state index contributed by atoms with van der Waals surface area (Å²) < 4.78 is 0. The molecule has 0 aliphatic heterocycles. The molecule has 2 aromatic rings. The summed E-state index contributed by atoms with van der Waals surface area (Å²) >= 11 is 1.42. The van der Waals surface area contributed by atoms with Crippen LogP contribution < -0.4 is 5.32 Å². The minimum atomic E-state index is -0.0428. The average molecular weight is 316 g/mol. The maximum Gasteiger partial charge on any atom is 0.263 e. The number of carbonyl (C=O) groups excluding carboxylic acids is 1. The molecule has 4 nitrogen and oxygen atoms in total. The first-order chi connectivity index (χ1) is 10.8. The van der Waals surface area contributed by atoms with E-state index in [4.69, 9.17) is 5.11 Å². The molecule has 1 aromatic carbocycles. The minimum Gasteiger partial charge on any atom is -0.392 e. The molecule has 1 heterocycles. The Hall–Kier alpha value is -1.72. The van der Waals surface area contributed by atoms with Gasteiger partial charge in [0.05, 0.1) is 17.8 Å². The van der Waals surface area contributed by atoms with Crippen LogP contribution in [0.4, 0.5) is 0 Å². The zero-order valence-corrected chi connectivity index (χ0v) is 13.2. The number of hydrogen-bond acceptors (Lipinski definition) is 4. The normalized spacial score (nSPS) is 15.1. The van der Waals surface area contributed by atoms with Crippen molar-refractivity contribution in [3.05, 3.63) is 51.5 Å². The predicted octanol–water partition coefficient (Wildman–Crippen LogP) is 3.22. The van der Waals surface area contributed by atoms with Crippen molar-refractivity contribution in [3.63, 3.8) is 0 Å². The molecule has 1 amide bonds. The van der Waals surface area contributed by atoms with Crippen LogP contribution in [0.3, 0.4) is 0 Å². The lowest BCUT2D eigenvalue weighted by atomic mass is 10.0. The van der Waals surface area contributed by atoms with Gasteiger partial charge in [0.2, 0.25) is 0 Å². The van der Waals surface area contributed by atoms with Gasteiger partial charge < -0.3 is 10.4 Å². The smallest absolute Gasteiger partial charge is 0.263 e. The first kappa shape index (κ1) is 15.2. The summed E-state index contributed by atoms with van der Waals surface area (Å²) in [4.78, 5) is 17.6. The number of thiazole rings is 1. The molecule has 116 valence electrons. The Morgan fingerprint density at radius 1 is 1.32 bits per heavy atom. The van der Waals surface area contributed by atoms with Gasteiger partial charge in [-0.05, 0) is 24.0 Å². The number of benzene rings is 1. The molecule has 1 aromatic heterocycles. The van der Waals surface area contributed by atoms with Gasteiger partial charge in [0.25, 0.3) is 5.91 Å². The number of nitrogens with one attached hydrogen (secondary N) is 1. The van der Waals surface area contributed by atoms with E-state index in [9.17, 15) is 4.79 Å². The van der Waals surface area contributed by atoms with E-state index in [0.717, 1.165) is 34.5 Å². The Balaban J connectivity index is 1.66. The molecule has 5 heteroatoms. The van der Waals surface area contributed by atoms with Crippen LogP contribution >= 0.6 is 11.3 Å². The van der Waals surface area contributed by atoms with Crippen LogP contribution in [-0.4, -0.2) is 16.0 Å². The van der Waals surface area contributed by atoms with Crippen molar-refractivity contribution in [1.29, 1.82) is 0 Å². The Morgan fingerprint density at radius 3 is 2.86 bits per heavy atom. The van der Waals surface area contributed by atoms with Gasteiger partial charge in [0.15, 0.2) is 0 Å². The van der Waals surface area contributed by atoms with Gasteiger partial charge in [-0.2, -0.15) is 0 Å². The standard InChI is InChI=1S/C17H20N2O2S/c20-10-13-5-3-4-12(8-13)9-18-17(21)16-15(19-11-22-16)14-6-1-2-7-14/h3-5,8,11,14,20H,1-2,6-7,9-10H2,(H,18,21). The summed E-state index contributed by atoms with van der Waals surface area (Å²) in [5, 5.41) is 12.1. The molecule has 0 saturated heterocycles. The molecular weight excluding hydrogens is 296 g/mol. The lowest BCUT2D eigenvalue weighted by molar-refractivity contribution is 0.0953. The van der Waals surface area contributed by atoms with Crippen molar-refractivity contribution < 1.29 is 9.90 Å². The molecule has 1 aliphatic carbocycles. The average Bonchev–Trinajstić information content (AvgIpc) is 3.23. The molecule has 22 heavy (non-hydrogen) atoms. The van der Waals surface area contributed by atoms with Crippen LogP contribution in [0.1, 0.15) is 58.1 Å². The fourth-order valence-corrected chi connectivity index (χ4v) is 3.81. The van der Waals surface area contributed by atoms with E-state index in [1.807, 2.05) is 24.3 Å². The molecule has 0 atom stereocenters. The second-order valence-corrected chi connectivity index (χ2v) is 6.56. The molecule has 3 rings (SSSR count). The van der Waals surface area contributed by atoms with E-state index in [1.54, 1.807) is 5.51 Å². The molecular formula is C17H20N2O2S. The lowest BCUT2D eigenvalue weighted by Gasteiger charge is -2.10. The Kier molecular flexibility index (Phi) is 4.85. The monoisotopic (exact) mass is 316 g/mol.